The van der Waals surface area contributed by atoms with Crippen LogP contribution in [0.4, 0.5) is 5.69 Å². The number of carbonyl (C=O) groups is 1. The number of nitrogens with one attached hydrogen (secondary N) is 1. The second kappa shape index (κ2) is 8.28. The normalized spacial score (nSPS) is 18.9. The Hall–Kier alpha value is -2.17. The fourth-order valence-corrected chi connectivity index (χ4v) is 3.36. The van der Waals surface area contributed by atoms with Crippen LogP contribution >= 0.6 is 0 Å². The van der Waals surface area contributed by atoms with Gasteiger partial charge in [0.05, 0.1) is 12.1 Å². The number of nitrogens with zero attached hydrogens (tertiary/aromatic N) is 1. The van der Waals surface area contributed by atoms with Crippen LogP contribution in [0.25, 0.3) is 0 Å². The summed E-state index contributed by atoms with van der Waals surface area (Å²) in [4.78, 5) is 15.1. The zero-order chi connectivity index (χ0) is 17.6. The van der Waals surface area contributed by atoms with Gasteiger partial charge in [0, 0.05) is 19.3 Å². The molecular formula is C21H26N2O2. The van der Waals surface area contributed by atoms with Gasteiger partial charge in [-0.25, -0.2) is 0 Å². The molecule has 2 atom stereocenters. The molecule has 0 aromatic heterocycles. The first-order valence-electron chi connectivity index (χ1n) is 8.89. The second-order valence-corrected chi connectivity index (χ2v) is 6.61. The highest BCUT2D eigenvalue weighted by Gasteiger charge is 2.30. The summed E-state index contributed by atoms with van der Waals surface area (Å²) in [6, 6.07) is 18.2. The first-order chi connectivity index (χ1) is 12.2. The van der Waals surface area contributed by atoms with Crippen molar-refractivity contribution in [1.82, 2.24) is 4.90 Å². The number of methoxy groups -OCH3 is 1. The molecule has 132 valence electrons. The van der Waals surface area contributed by atoms with E-state index in [1.54, 1.807) is 7.11 Å². The number of likely N-dealkylation sites (tertiary alicyclic amines) is 1. The summed E-state index contributed by atoms with van der Waals surface area (Å²) in [5.41, 5.74) is 3.14. The number of carbonyl (C=O) groups excluding carboxylic acids is 1. The number of amides is 1. The molecule has 4 nitrogen and oxygen atoms in total. The van der Waals surface area contributed by atoms with Gasteiger partial charge in [0.15, 0.2) is 0 Å². The Bertz CT molecular complexity index is 702. The second-order valence-electron chi connectivity index (χ2n) is 6.61. The third-order valence-corrected chi connectivity index (χ3v) is 4.87. The van der Waals surface area contributed by atoms with Crippen LogP contribution in [0.2, 0.25) is 0 Å². The topological polar surface area (TPSA) is 41.6 Å². The molecule has 1 heterocycles. The Labute approximate surface area is 149 Å². The van der Waals surface area contributed by atoms with E-state index in [1.165, 1.54) is 5.56 Å². The summed E-state index contributed by atoms with van der Waals surface area (Å²) in [7, 11) is 1.69. The molecule has 3 rings (SSSR count). The molecular weight excluding hydrogens is 312 g/mol. The van der Waals surface area contributed by atoms with E-state index in [2.05, 4.69) is 22.3 Å². The monoisotopic (exact) mass is 338 g/mol. The Morgan fingerprint density at radius 2 is 2.04 bits per heavy atom. The van der Waals surface area contributed by atoms with Crippen molar-refractivity contribution >= 4 is 11.6 Å². The van der Waals surface area contributed by atoms with E-state index in [1.807, 2.05) is 49.4 Å². The quantitative estimate of drug-likeness (QED) is 0.866. The molecule has 0 bridgehead atoms. The van der Waals surface area contributed by atoms with Crippen molar-refractivity contribution in [1.29, 1.82) is 0 Å². The van der Waals surface area contributed by atoms with Crippen LogP contribution in [0.1, 0.15) is 37.0 Å². The molecule has 1 fully saturated rings. The molecule has 2 aromatic rings. The van der Waals surface area contributed by atoms with E-state index in [-0.39, 0.29) is 18.1 Å². The maximum absolute atomic E-state index is 12.8. The minimum Gasteiger partial charge on any atom is -0.377 e. The standard InChI is InChI=1S/C21H26N2O2/c1-16(25-2)18-10-6-11-19(14-18)22-21(24)20-12-7-13-23(20)15-17-8-4-3-5-9-17/h3-6,8-11,14,16,20H,7,12-13,15H2,1-2H3,(H,22,24). The average Bonchev–Trinajstić information content (AvgIpc) is 3.10. The molecule has 0 aliphatic carbocycles. The highest BCUT2D eigenvalue weighted by atomic mass is 16.5. The van der Waals surface area contributed by atoms with E-state index < -0.39 is 0 Å². The fraction of sp³-hybridized carbons (Fsp3) is 0.381. The Morgan fingerprint density at radius 1 is 1.24 bits per heavy atom. The molecule has 4 heteroatoms. The summed E-state index contributed by atoms with van der Waals surface area (Å²) in [5, 5.41) is 3.08. The summed E-state index contributed by atoms with van der Waals surface area (Å²) in [6.07, 6.45) is 1.98. The highest BCUT2D eigenvalue weighted by Crippen LogP contribution is 2.23. The molecule has 2 aromatic carbocycles. The van der Waals surface area contributed by atoms with Crippen LogP contribution in [0.5, 0.6) is 0 Å². The molecule has 0 spiro atoms. The zero-order valence-electron chi connectivity index (χ0n) is 14.9. The summed E-state index contributed by atoms with van der Waals surface area (Å²) in [6.45, 7) is 3.78. The molecule has 1 aliphatic heterocycles. The first kappa shape index (κ1) is 17.6. The van der Waals surface area contributed by atoms with E-state index in [4.69, 9.17) is 4.74 Å². The average molecular weight is 338 g/mol. The summed E-state index contributed by atoms with van der Waals surface area (Å²) < 4.78 is 5.36. The van der Waals surface area contributed by atoms with Crippen LogP contribution < -0.4 is 5.32 Å². The lowest BCUT2D eigenvalue weighted by Gasteiger charge is -2.24. The lowest BCUT2D eigenvalue weighted by molar-refractivity contribution is -0.120. The molecule has 1 N–H and O–H groups in total. The Balaban J connectivity index is 1.66. The molecule has 1 saturated heterocycles. The summed E-state index contributed by atoms with van der Waals surface area (Å²) >= 11 is 0. The number of hydrogen-bond donors (Lipinski definition) is 1. The number of rotatable bonds is 6. The highest BCUT2D eigenvalue weighted by molar-refractivity contribution is 5.95. The van der Waals surface area contributed by atoms with Gasteiger partial charge in [0.1, 0.15) is 0 Å². The van der Waals surface area contributed by atoms with Crippen LogP contribution in [0.3, 0.4) is 0 Å². The molecule has 1 aliphatic rings. The van der Waals surface area contributed by atoms with E-state index in [9.17, 15) is 4.79 Å². The smallest absolute Gasteiger partial charge is 0.241 e. The maximum Gasteiger partial charge on any atom is 0.241 e. The molecule has 0 saturated carbocycles. The number of anilines is 1. The number of hydrogen-bond acceptors (Lipinski definition) is 3. The van der Waals surface area contributed by atoms with Crippen LogP contribution in [-0.4, -0.2) is 30.5 Å². The van der Waals surface area contributed by atoms with Crippen molar-refractivity contribution in [3.8, 4) is 0 Å². The van der Waals surface area contributed by atoms with Crippen molar-refractivity contribution < 1.29 is 9.53 Å². The zero-order valence-corrected chi connectivity index (χ0v) is 14.9. The van der Waals surface area contributed by atoms with Crippen molar-refractivity contribution in [3.05, 3.63) is 65.7 Å². The predicted molar refractivity (Wildman–Crippen MR) is 100 cm³/mol. The Kier molecular flexibility index (Phi) is 5.84. The first-order valence-corrected chi connectivity index (χ1v) is 8.89. The third-order valence-electron chi connectivity index (χ3n) is 4.87. The van der Waals surface area contributed by atoms with Gasteiger partial charge in [-0.1, -0.05) is 42.5 Å². The van der Waals surface area contributed by atoms with Gasteiger partial charge in [0.2, 0.25) is 5.91 Å². The SMILES string of the molecule is COC(C)c1cccc(NC(=O)C2CCCN2Cc2ccccc2)c1. The van der Waals surface area contributed by atoms with Crippen molar-refractivity contribution in [2.24, 2.45) is 0 Å². The van der Waals surface area contributed by atoms with Gasteiger partial charge in [0.25, 0.3) is 0 Å². The van der Waals surface area contributed by atoms with Crippen LogP contribution in [-0.2, 0) is 16.1 Å². The largest absolute Gasteiger partial charge is 0.377 e. The number of ether oxygens (including phenoxy) is 1. The maximum atomic E-state index is 12.8. The molecule has 2 unspecified atom stereocenters. The minimum absolute atomic E-state index is 0.0120. The van der Waals surface area contributed by atoms with Gasteiger partial charge in [-0.2, -0.15) is 0 Å². The van der Waals surface area contributed by atoms with Crippen LogP contribution in [0, 0.1) is 0 Å². The minimum atomic E-state index is -0.0660. The van der Waals surface area contributed by atoms with Gasteiger partial charge in [-0.05, 0) is 49.6 Å². The molecule has 1 amide bonds. The Morgan fingerprint density at radius 3 is 2.80 bits per heavy atom. The van der Waals surface area contributed by atoms with Crippen molar-refractivity contribution in [2.45, 2.75) is 38.5 Å². The van der Waals surface area contributed by atoms with Gasteiger partial charge >= 0.3 is 0 Å². The predicted octanol–water partition coefficient (Wildman–Crippen LogP) is 4.00. The van der Waals surface area contributed by atoms with E-state index in [0.29, 0.717) is 0 Å². The lowest BCUT2D eigenvalue weighted by atomic mass is 10.1. The fourth-order valence-electron chi connectivity index (χ4n) is 3.36. The van der Waals surface area contributed by atoms with Crippen molar-refractivity contribution in [3.63, 3.8) is 0 Å². The van der Waals surface area contributed by atoms with Crippen LogP contribution in [0.15, 0.2) is 54.6 Å². The van der Waals surface area contributed by atoms with E-state index in [0.717, 1.165) is 37.2 Å². The molecule has 0 radical (unpaired) electrons. The van der Waals surface area contributed by atoms with Gasteiger partial charge < -0.3 is 10.1 Å². The lowest BCUT2D eigenvalue weighted by Crippen LogP contribution is -2.39. The van der Waals surface area contributed by atoms with Crippen molar-refractivity contribution in [2.75, 3.05) is 19.0 Å². The molecule has 25 heavy (non-hydrogen) atoms. The van der Waals surface area contributed by atoms with Gasteiger partial charge in [-0.3, -0.25) is 9.69 Å². The number of benzene rings is 2. The third kappa shape index (κ3) is 4.47. The van der Waals surface area contributed by atoms with Gasteiger partial charge in [-0.15, -0.1) is 0 Å². The van der Waals surface area contributed by atoms with E-state index >= 15 is 0 Å². The summed E-state index contributed by atoms with van der Waals surface area (Å²) in [5.74, 6) is 0.0793.